The molecule has 1 saturated heterocycles. The molecule has 1 atom stereocenters. The molecule has 0 radical (unpaired) electrons. The van der Waals surface area contributed by atoms with Crippen LogP contribution in [-0.2, 0) is 4.79 Å². The van der Waals surface area contributed by atoms with Crippen LogP contribution in [0.1, 0.15) is 17.9 Å². The molecule has 0 saturated carbocycles. The molecule has 6 nitrogen and oxygen atoms in total. The Balaban J connectivity index is 1.94. The second kappa shape index (κ2) is 7.68. The lowest BCUT2D eigenvalue weighted by molar-refractivity contribution is -0.119. The summed E-state index contributed by atoms with van der Waals surface area (Å²) in [5.74, 6) is 2.08. The van der Waals surface area contributed by atoms with Crippen LogP contribution in [0.2, 0.25) is 0 Å². The molecule has 0 spiro atoms. The average molecular weight is 304 g/mol. The van der Waals surface area contributed by atoms with E-state index in [2.05, 4.69) is 32.7 Å². The number of aliphatic imine (C=N–C) groups is 1. The molecule has 1 aromatic carbocycles. The number of guanidine groups is 1. The lowest BCUT2D eigenvalue weighted by Gasteiger charge is -2.21. The second-order valence-corrected chi connectivity index (χ2v) is 5.28. The summed E-state index contributed by atoms with van der Waals surface area (Å²) in [6.07, 6.45) is 1.08. The van der Waals surface area contributed by atoms with Gasteiger partial charge in [0, 0.05) is 33.1 Å². The van der Waals surface area contributed by atoms with Gasteiger partial charge in [-0.05, 0) is 24.1 Å². The van der Waals surface area contributed by atoms with Gasteiger partial charge in [0.2, 0.25) is 5.91 Å². The highest BCUT2D eigenvalue weighted by Gasteiger charge is 2.26. The van der Waals surface area contributed by atoms with Gasteiger partial charge in [0.15, 0.2) is 5.96 Å². The molecule has 1 aliphatic rings. The van der Waals surface area contributed by atoms with Crippen LogP contribution in [0, 0.1) is 0 Å². The van der Waals surface area contributed by atoms with Gasteiger partial charge in [0.1, 0.15) is 5.75 Å². The first kappa shape index (κ1) is 16.1. The number of rotatable bonds is 4. The zero-order chi connectivity index (χ0) is 15.9. The van der Waals surface area contributed by atoms with Crippen LogP contribution in [-0.4, -0.2) is 57.6 Å². The molecular weight excluding hydrogens is 280 g/mol. The van der Waals surface area contributed by atoms with E-state index in [4.69, 9.17) is 4.74 Å². The van der Waals surface area contributed by atoms with E-state index in [0.29, 0.717) is 5.92 Å². The molecule has 1 heterocycles. The second-order valence-electron chi connectivity index (χ2n) is 5.28. The topological polar surface area (TPSA) is 66.0 Å². The Morgan fingerprint density at radius 2 is 2.14 bits per heavy atom. The van der Waals surface area contributed by atoms with Gasteiger partial charge in [0.05, 0.1) is 13.7 Å². The van der Waals surface area contributed by atoms with Gasteiger partial charge in [-0.25, -0.2) is 0 Å². The summed E-state index contributed by atoms with van der Waals surface area (Å²) in [5, 5.41) is 5.69. The zero-order valence-corrected chi connectivity index (χ0v) is 13.4. The van der Waals surface area contributed by atoms with Crippen molar-refractivity contribution in [1.29, 1.82) is 0 Å². The van der Waals surface area contributed by atoms with E-state index in [9.17, 15) is 4.79 Å². The fourth-order valence-electron chi connectivity index (χ4n) is 2.68. The first-order chi connectivity index (χ1) is 10.7. The lowest BCUT2D eigenvalue weighted by atomic mass is 9.98. The molecule has 0 aliphatic carbocycles. The molecule has 1 amide bonds. The van der Waals surface area contributed by atoms with Crippen LogP contribution in [0.3, 0.4) is 0 Å². The molecule has 6 heteroatoms. The summed E-state index contributed by atoms with van der Waals surface area (Å²) in [4.78, 5) is 17.8. The lowest BCUT2D eigenvalue weighted by Crippen LogP contribution is -2.44. The minimum absolute atomic E-state index is 0.0490. The molecule has 120 valence electrons. The molecular formula is C16H24N4O2. The van der Waals surface area contributed by atoms with E-state index in [0.717, 1.165) is 31.2 Å². The third kappa shape index (κ3) is 3.90. The molecule has 1 aromatic rings. The number of ether oxygens (including phenoxy) is 1. The van der Waals surface area contributed by atoms with E-state index in [-0.39, 0.29) is 12.5 Å². The Morgan fingerprint density at radius 3 is 2.73 bits per heavy atom. The van der Waals surface area contributed by atoms with Crippen LogP contribution >= 0.6 is 0 Å². The van der Waals surface area contributed by atoms with E-state index in [1.165, 1.54) is 5.56 Å². The molecule has 0 aromatic heterocycles. The van der Waals surface area contributed by atoms with E-state index in [1.54, 1.807) is 21.2 Å². The number of likely N-dealkylation sites (tertiary alicyclic amines) is 1. The molecule has 1 unspecified atom stereocenters. The molecule has 1 aliphatic heterocycles. The van der Waals surface area contributed by atoms with Crippen molar-refractivity contribution in [3.8, 4) is 5.75 Å². The van der Waals surface area contributed by atoms with Gasteiger partial charge < -0.3 is 20.3 Å². The zero-order valence-electron chi connectivity index (χ0n) is 13.4. The van der Waals surface area contributed by atoms with Crippen LogP contribution < -0.4 is 15.4 Å². The number of hydrogen-bond acceptors (Lipinski definition) is 3. The van der Waals surface area contributed by atoms with Crippen molar-refractivity contribution >= 4 is 11.9 Å². The maximum Gasteiger partial charge on any atom is 0.239 e. The highest BCUT2D eigenvalue weighted by Crippen LogP contribution is 2.28. The van der Waals surface area contributed by atoms with Crippen molar-refractivity contribution in [2.24, 2.45) is 4.99 Å². The van der Waals surface area contributed by atoms with Gasteiger partial charge in [-0.3, -0.25) is 9.79 Å². The number of carbonyl (C=O) groups excluding carboxylic acids is 1. The van der Waals surface area contributed by atoms with Crippen LogP contribution in [0.25, 0.3) is 0 Å². The minimum Gasteiger partial charge on any atom is -0.497 e. The van der Waals surface area contributed by atoms with Gasteiger partial charge in [-0.15, -0.1) is 0 Å². The van der Waals surface area contributed by atoms with Crippen molar-refractivity contribution in [2.45, 2.75) is 12.3 Å². The number of likely N-dealkylation sites (N-methyl/N-ethyl adjacent to an activating group) is 1. The number of nitrogens with zero attached hydrogens (tertiary/aromatic N) is 2. The highest BCUT2D eigenvalue weighted by molar-refractivity contribution is 5.86. The molecule has 2 N–H and O–H groups in total. The van der Waals surface area contributed by atoms with Gasteiger partial charge in [0.25, 0.3) is 0 Å². The first-order valence-electron chi connectivity index (χ1n) is 7.48. The summed E-state index contributed by atoms with van der Waals surface area (Å²) < 4.78 is 5.20. The standard InChI is InChI=1S/C16H24N4O2/c1-17-15(21)10-19-16(18-2)20-9-8-13(11-20)12-4-6-14(22-3)7-5-12/h4-7,13H,8-11H2,1-3H3,(H,17,21)(H,18,19). The Kier molecular flexibility index (Phi) is 5.63. The normalized spacial score (nSPS) is 18.2. The number of methoxy groups -OCH3 is 1. The SMILES string of the molecule is CN=C(NCC(=O)NC)N1CCC(c2ccc(OC)cc2)C1. The average Bonchev–Trinajstić information content (AvgIpc) is 3.05. The largest absolute Gasteiger partial charge is 0.497 e. The Morgan fingerprint density at radius 1 is 1.41 bits per heavy atom. The van der Waals surface area contributed by atoms with E-state index in [1.807, 2.05) is 12.1 Å². The van der Waals surface area contributed by atoms with Crippen molar-refractivity contribution in [3.63, 3.8) is 0 Å². The number of nitrogens with one attached hydrogen (secondary N) is 2. The summed E-state index contributed by atoms with van der Waals surface area (Å²) in [5.41, 5.74) is 1.31. The Bertz CT molecular complexity index is 527. The summed E-state index contributed by atoms with van der Waals surface area (Å²) >= 11 is 0. The highest BCUT2D eigenvalue weighted by atomic mass is 16.5. The van der Waals surface area contributed by atoms with Gasteiger partial charge in [-0.1, -0.05) is 12.1 Å². The summed E-state index contributed by atoms with van der Waals surface area (Å²) in [6.45, 7) is 2.08. The van der Waals surface area contributed by atoms with Gasteiger partial charge >= 0.3 is 0 Å². The molecule has 0 bridgehead atoms. The van der Waals surface area contributed by atoms with Crippen molar-refractivity contribution < 1.29 is 9.53 Å². The smallest absolute Gasteiger partial charge is 0.239 e. The van der Waals surface area contributed by atoms with E-state index >= 15 is 0 Å². The fourth-order valence-corrected chi connectivity index (χ4v) is 2.68. The molecule has 2 rings (SSSR count). The van der Waals surface area contributed by atoms with Crippen molar-refractivity contribution in [2.75, 3.05) is 40.8 Å². The summed E-state index contributed by atoms with van der Waals surface area (Å²) in [7, 11) is 5.05. The van der Waals surface area contributed by atoms with Gasteiger partial charge in [-0.2, -0.15) is 0 Å². The Labute approximate surface area is 131 Å². The third-order valence-electron chi connectivity index (χ3n) is 3.97. The fraction of sp³-hybridized carbons (Fsp3) is 0.500. The number of carbonyl (C=O) groups is 1. The monoisotopic (exact) mass is 304 g/mol. The quantitative estimate of drug-likeness (QED) is 0.638. The summed E-state index contributed by atoms with van der Waals surface area (Å²) in [6, 6.07) is 8.23. The number of benzene rings is 1. The predicted molar refractivity (Wildman–Crippen MR) is 87.4 cm³/mol. The first-order valence-corrected chi connectivity index (χ1v) is 7.48. The van der Waals surface area contributed by atoms with E-state index < -0.39 is 0 Å². The van der Waals surface area contributed by atoms with Crippen LogP contribution in [0.5, 0.6) is 5.75 Å². The predicted octanol–water partition coefficient (Wildman–Crippen LogP) is 0.806. The minimum atomic E-state index is -0.0490. The molecule has 1 fully saturated rings. The maximum absolute atomic E-state index is 11.3. The Hall–Kier alpha value is -2.24. The number of hydrogen-bond donors (Lipinski definition) is 2. The van der Waals surface area contributed by atoms with Crippen LogP contribution in [0.15, 0.2) is 29.3 Å². The number of amides is 1. The molecule has 22 heavy (non-hydrogen) atoms. The van der Waals surface area contributed by atoms with Crippen molar-refractivity contribution in [1.82, 2.24) is 15.5 Å². The third-order valence-corrected chi connectivity index (χ3v) is 3.97. The maximum atomic E-state index is 11.3. The van der Waals surface area contributed by atoms with Crippen LogP contribution in [0.4, 0.5) is 0 Å². The van der Waals surface area contributed by atoms with Crippen molar-refractivity contribution in [3.05, 3.63) is 29.8 Å².